The molecule has 0 bridgehead atoms. The van der Waals surface area contributed by atoms with Crippen molar-refractivity contribution in [2.45, 2.75) is 51.2 Å². The van der Waals surface area contributed by atoms with Crippen LogP contribution in [0.25, 0.3) is 0 Å². The van der Waals surface area contributed by atoms with Crippen molar-refractivity contribution in [3.63, 3.8) is 0 Å². The van der Waals surface area contributed by atoms with Crippen molar-refractivity contribution < 1.29 is 0 Å². The standard InChI is InChI=1S/C16H22N6O/c23-16-9-13-3-1-5-15(13)19-22(16)10-14-4-2-6-20(14)7-8-21-12-17-11-18-21/h9,11-12,14H,1-8,10H2. The van der Waals surface area contributed by atoms with Gasteiger partial charge in [0, 0.05) is 18.7 Å². The van der Waals surface area contributed by atoms with E-state index in [1.54, 1.807) is 23.4 Å². The summed E-state index contributed by atoms with van der Waals surface area (Å²) in [5.74, 6) is 0. The summed E-state index contributed by atoms with van der Waals surface area (Å²) in [6, 6.07) is 2.19. The quantitative estimate of drug-likeness (QED) is 0.803. The summed E-state index contributed by atoms with van der Waals surface area (Å²) in [4.78, 5) is 18.7. The molecule has 1 aliphatic heterocycles. The lowest BCUT2D eigenvalue weighted by atomic mass is 10.2. The van der Waals surface area contributed by atoms with Crippen molar-refractivity contribution in [2.24, 2.45) is 0 Å². The smallest absolute Gasteiger partial charge is 0.267 e. The Hall–Kier alpha value is -2.02. The monoisotopic (exact) mass is 314 g/mol. The van der Waals surface area contributed by atoms with E-state index in [4.69, 9.17) is 0 Å². The molecule has 1 aliphatic carbocycles. The van der Waals surface area contributed by atoms with E-state index in [0.29, 0.717) is 12.6 Å². The highest BCUT2D eigenvalue weighted by Gasteiger charge is 2.26. The number of aromatic nitrogens is 5. The van der Waals surface area contributed by atoms with Gasteiger partial charge >= 0.3 is 0 Å². The van der Waals surface area contributed by atoms with Crippen LogP contribution in [0.1, 0.15) is 30.5 Å². The number of hydrogen-bond donors (Lipinski definition) is 0. The van der Waals surface area contributed by atoms with Gasteiger partial charge in [-0.05, 0) is 44.2 Å². The lowest BCUT2D eigenvalue weighted by Crippen LogP contribution is -2.38. The predicted molar refractivity (Wildman–Crippen MR) is 85.1 cm³/mol. The number of likely N-dealkylation sites (tertiary alicyclic amines) is 1. The van der Waals surface area contributed by atoms with Crippen LogP contribution < -0.4 is 5.56 Å². The number of aryl methyl sites for hydroxylation is 2. The van der Waals surface area contributed by atoms with Crippen LogP contribution >= 0.6 is 0 Å². The molecule has 2 aromatic heterocycles. The molecule has 2 aliphatic rings. The van der Waals surface area contributed by atoms with Crippen LogP contribution in [0.2, 0.25) is 0 Å². The van der Waals surface area contributed by atoms with Crippen molar-refractivity contribution in [1.29, 1.82) is 0 Å². The van der Waals surface area contributed by atoms with Crippen LogP contribution in [0.3, 0.4) is 0 Å². The van der Waals surface area contributed by atoms with Crippen molar-refractivity contribution in [3.8, 4) is 0 Å². The zero-order valence-corrected chi connectivity index (χ0v) is 13.3. The van der Waals surface area contributed by atoms with Crippen LogP contribution in [0, 0.1) is 0 Å². The third kappa shape index (κ3) is 3.06. The van der Waals surface area contributed by atoms with Crippen LogP contribution in [0.15, 0.2) is 23.5 Å². The molecule has 0 N–H and O–H groups in total. The van der Waals surface area contributed by atoms with Gasteiger partial charge in [-0.1, -0.05) is 0 Å². The van der Waals surface area contributed by atoms with Crippen molar-refractivity contribution >= 4 is 0 Å². The summed E-state index contributed by atoms with van der Waals surface area (Å²) in [5.41, 5.74) is 2.33. The molecule has 0 aromatic carbocycles. The summed E-state index contributed by atoms with van der Waals surface area (Å²) < 4.78 is 3.54. The van der Waals surface area contributed by atoms with E-state index in [-0.39, 0.29) is 5.56 Å². The third-order valence-corrected chi connectivity index (χ3v) is 4.99. The maximum atomic E-state index is 12.3. The Kier molecular flexibility index (Phi) is 3.95. The Morgan fingerprint density at radius 1 is 1.22 bits per heavy atom. The summed E-state index contributed by atoms with van der Waals surface area (Å²) >= 11 is 0. The summed E-state index contributed by atoms with van der Waals surface area (Å²) in [6.45, 7) is 3.55. The summed E-state index contributed by atoms with van der Waals surface area (Å²) in [6.07, 6.45) is 8.76. The molecule has 1 unspecified atom stereocenters. The fraction of sp³-hybridized carbons (Fsp3) is 0.625. The van der Waals surface area contributed by atoms with Gasteiger partial charge in [-0.25, -0.2) is 9.67 Å². The van der Waals surface area contributed by atoms with Gasteiger partial charge in [-0.15, -0.1) is 0 Å². The van der Waals surface area contributed by atoms with E-state index in [1.807, 2.05) is 4.68 Å². The molecule has 0 amide bonds. The maximum Gasteiger partial charge on any atom is 0.267 e. The SMILES string of the molecule is O=c1cc2c(nn1CC1CCCN1CCn1cncn1)CCC2. The molecule has 0 saturated carbocycles. The van der Waals surface area contributed by atoms with Crippen molar-refractivity contribution in [3.05, 3.63) is 40.3 Å². The first-order chi connectivity index (χ1) is 11.3. The Bertz CT molecular complexity index is 723. The average molecular weight is 314 g/mol. The van der Waals surface area contributed by atoms with E-state index < -0.39 is 0 Å². The predicted octanol–water partition coefficient (Wildman–Crippen LogP) is 0.488. The minimum Gasteiger partial charge on any atom is -0.297 e. The number of nitrogens with zero attached hydrogens (tertiary/aromatic N) is 6. The number of hydrogen-bond acceptors (Lipinski definition) is 5. The van der Waals surface area contributed by atoms with E-state index in [0.717, 1.165) is 56.6 Å². The molecule has 7 nitrogen and oxygen atoms in total. The molecule has 2 aromatic rings. The number of rotatable bonds is 5. The molecule has 122 valence electrons. The van der Waals surface area contributed by atoms with Crippen LogP contribution in [-0.2, 0) is 25.9 Å². The first-order valence-corrected chi connectivity index (χ1v) is 8.46. The fourth-order valence-corrected chi connectivity index (χ4v) is 3.75. The van der Waals surface area contributed by atoms with Crippen molar-refractivity contribution in [1.82, 2.24) is 29.4 Å². The Balaban J connectivity index is 1.44. The van der Waals surface area contributed by atoms with E-state index in [9.17, 15) is 4.79 Å². The first kappa shape index (κ1) is 14.6. The zero-order chi connectivity index (χ0) is 15.6. The zero-order valence-electron chi connectivity index (χ0n) is 13.3. The number of fused-ring (bicyclic) bond motifs is 1. The van der Waals surface area contributed by atoms with Gasteiger partial charge in [0.05, 0.1) is 18.8 Å². The van der Waals surface area contributed by atoms with Gasteiger partial charge in [0.25, 0.3) is 5.56 Å². The molecule has 1 saturated heterocycles. The molecule has 1 fully saturated rings. The minimum atomic E-state index is 0.0498. The molecule has 7 heteroatoms. The van der Waals surface area contributed by atoms with Crippen molar-refractivity contribution in [2.75, 3.05) is 13.1 Å². The van der Waals surface area contributed by atoms with E-state index in [2.05, 4.69) is 20.1 Å². The topological polar surface area (TPSA) is 68.8 Å². The summed E-state index contributed by atoms with van der Waals surface area (Å²) in [7, 11) is 0. The minimum absolute atomic E-state index is 0.0498. The van der Waals surface area contributed by atoms with E-state index in [1.165, 1.54) is 6.42 Å². The second-order valence-electron chi connectivity index (χ2n) is 6.48. The third-order valence-electron chi connectivity index (χ3n) is 4.99. The second kappa shape index (κ2) is 6.23. The molecular formula is C16H22N6O. The molecular weight excluding hydrogens is 292 g/mol. The van der Waals surface area contributed by atoms with Crippen LogP contribution in [-0.4, -0.2) is 48.6 Å². The largest absolute Gasteiger partial charge is 0.297 e. The molecule has 0 spiro atoms. The fourth-order valence-electron chi connectivity index (χ4n) is 3.75. The maximum absolute atomic E-state index is 12.3. The van der Waals surface area contributed by atoms with Gasteiger partial charge in [0.1, 0.15) is 12.7 Å². The Morgan fingerprint density at radius 3 is 3.04 bits per heavy atom. The van der Waals surface area contributed by atoms with Gasteiger partial charge in [0.2, 0.25) is 0 Å². The highest BCUT2D eigenvalue weighted by molar-refractivity contribution is 5.22. The van der Waals surface area contributed by atoms with Gasteiger partial charge in [-0.3, -0.25) is 14.4 Å². The van der Waals surface area contributed by atoms with Crippen LogP contribution in [0.4, 0.5) is 0 Å². The van der Waals surface area contributed by atoms with Crippen LogP contribution in [0.5, 0.6) is 0 Å². The van der Waals surface area contributed by atoms with Gasteiger partial charge in [0.15, 0.2) is 0 Å². The average Bonchev–Trinajstić information content (AvgIpc) is 3.26. The van der Waals surface area contributed by atoms with Gasteiger partial charge < -0.3 is 0 Å². The highest BCUT2D eigenvalue weighted by atomic mass is 16.1. The lowest BCUT2D eigenvalue weighted by Gasteiger charge is -2.24. The normalized spacial score (nSPS) is 21.0. The molecule has 1 atom stereocenters. The molecule has 3 heterocycles. The molecule has 4 rings (SSSR count). The summed E-state index contributed by atoms with van der Waals surface area (Å²) in [5, 5.41) is 8.76. The van der Waals surface area contributed by atoms with Gasteiger partial charge in [-0.2, -0.15) is 10.2 Å². The van der Waals surface area contributed by atoms with E-state index >= 15 is 0 Å². The molecule has 23 heavy (non-hydrogen) atoms. The molecule has 0 radical (unpaired) electrons. The lowest BCUT2D eigenvalue weighted by molar-refractivity contribution is 0.213. The highest BCUT2D eigenvalue weighted by Crippen LogP contribution is 2.20. The second-order valence-corrected chi connectivity index (χ2v) is 6.48. The Morgan fingerprint density at radius 2 is 2.17 bits per heavy atom. The first-order valence-electron chi connectivity index (χ1n) is 8.46. The Labute approximate surface area is 134 Å².